The summed E-state index contributed by atoms with van der Waals surface area (Å²) in [6.45, 7) is 4.15. The van der Waals surface area contributed by atoms with Crippen molar-refractivity contribution >= 4 is 23.2 Å². The highest BCUT2D eigenvalue weighted by molar-refractivity contribution is 6.33. The van der Waals surface area contributed by atoms with Crippen molar-refractivity contribution in [2.45, 2.75) is 26.0 Å². The molecule has 6 heteroatoms. The molecule has 2 N–H and O–H groups in total. The van der Waals surface area contributed by atoms with Crippen molar-refractivity contribution < 1.29 is 14.6 Å². The minimum atomic E-state index is -0.372. The highest BCUT2D eigenvalue weighted by Crippen LogP contribution is 2.29. The fourth-order valence-corrected chi connectivity index (χ4v) is 2.67. The molecular weight excluding hydrogens is 292 g/mol. The van der Waals surface area contributed by atoms with Crippen LogP contribution in [0.2, 0.25) is 5.02 Å². The van der Waals surface area contributed by atoms with Crippen LogP contribution in [-0.2, 0) is 16.1 Å². The maximum atomic E-state index is 12.3. The first-order valence-electron chi connectivity index (χ1n) is 7.18. The highest BCUT2D eigenvalue weighted by atomic mass is 35.5. The van der Waals surface area contributed by atoms with Crippen LogP contribution >= 0.6 is 11.6 Å². The maximum absolute atomic E-state index is 12.3. The van der Waals surface area contributed by atoms with Gasteiger partial charge in [-0.1, -0.05) is 24.6 Å². The molecule has 0 saturated carbocycles. The van der Waals surface area contributed by atoms with Gasteiger partial charge in [0, 0.05) is 13.1 Å². The Hall–Kier alpha value is -1.30. The van der Waals surface area contributed by atoms with Gasteiger partial charge in [0.1, 0.15) is 6.04 Å². The second-order valence-corrected chi connectivity index (χ2v) is 5.43. The van der Waals surface area contributed by atoms with Gasteiger partial charge in [-0.05, 0) is 24.1 Å². The predicted octanol–water partition coefficient (Wildman–Crippen LogP) is 1.56. The van der Waals surface area contributed by atoms with E-state index in [-0.39, 0.29) is 18.6 Å². The van der Waals surface area contributed by atoms with Crippen LogP contribution in [0.1, 0.15) is 18.9 Å². The minimum absolute atomic E-state index is 0.0427. The van der Waals surface area contributed by atoms with E-state index in [0.717, 1.165) is 17.7 Å². The number of hydrogen-bond donors (Lipinski definition) is 2. The second-order valence-electron chi connectivity index (χ2n) is 5.02. The third-order valence-electron chi connectivity index (χ3n) is 3.48. The summed E-state index contributed by atoms with van der Waals surface area (Å²) in [5.74, 6) is -0.0427. The standard InChI is InChI=1S/C15H21ClN2O3/c1-2-5-17-15(20)14-10-21-7-6-18(14)13-4-3-11(9-19)8-12(13)16/h3-4,8,14,19H,2,5-7,9-10H2,1H3,(H,17,20). The summed E-state index contributed by atoms with van der Waals surface area (Å²) in [6.07, 6.45) is 0.894. The van der Waals surface area contributed by atoms with E-state index >= 15 is 0 Å². The number of rotatable bonds is 5. The third-order valence-corrected chi connectivity index (χ3v) is 3.79. The van der Waals surface area contributed by atoms with Crippen molar-refractivity contribution in [2.24, 2.45) is 0 Å². The molecular formula is C15H21ClN2O3. The molecule has 0 aromatic heterocycles. The summed E-state index contributed by atoms with van der Waals surface area (Å²) in [5.41, 5.74) is 1.55. The lowest BCUT2D eigenvalue weighted by atomic mass is 10.1. The van der Waals surface area contributed by atoms with E-state index in [1.165, 1.54) is 0 Å². The number of halogens is 1. The van der Waals surface area contributed by atoms with E-state index in [0.29, 0.717) is 31.3 Å². The smallest absolute Gasteiger partial charge is 0.245 e. The molecule has 1 aromatic carbocycles. The molecule has 1 amide bonds. The van der Waals surface area contributed by atoms with Crippen molar-refractivity contribution in [2.75, 3.05) is 31.2 Å². The molecule has 1 aliphatic rings. The number of amides is 1. The molecule has 0 bridgehead atoms. The number of morpholine rings is 1. The Kier molecular flexibility index (Phi) is 5.85. The number of anilines is 1. The van der Waals surface area contributed by atoms with Crippen LogP contribution in [0.3, 0.4) is 0 Å². The zero-order valence-electron chi connectivity index (χ0n) is 12.1. The van der Waals surface area contributed by atoms with Crippen molar-refractivity contribution in [1.82, 2.24) is 5.32 Å². The fourth-order valence-electron chi connectivity index (χ4n) is 2.36. The first kappa shape index (κ1) is 16.1. The summed E-state index contributed by atoms with van der Waals surface area (Å²) in [7, 11) is 0. The molecule has 1 aliphatic heterocycles. The number of aliphatic hydroxyl groups is 1. The number of carbonyl (C=O) groups is 1. The number of carbonyl (C=O) groups excluding carboxylic acids is 1. The van der Waals surface area contributed by atoms with E-state index in [9.17, 15) is 4.79 Å². The van der Waals surface area contributed by atoms with Gasteiger partial charge in [-0.25, -0.2) is 0 Å². The summed E-state index contributed by atoms with van der Waals surface area (Å²) >= 11 is 6.29. The quantitative estimate of drug-likeness (QED) is 0.866. The van der Waals surface area contributed by atoms with E-state index in [4.69, 9.17) is 21.4 Å². The molecule has 5 nitrogen and oxygen atoms in total. The van der Waals surface area contributed by atoms with Gasteiger partial charge < -0.3 is 20.1 Å². The molecule has 0 spiro atoms. The van der Waals surface area contributed by atoms with Gasteiger partial charge in [0.05, 0.1) is 30.5 Å². The van der Waals surface area contributed by atoms with E-state index < -0.39 is 0 Å². The van der Waals surface area contributed by atoms with Gasteiger partial charge in [-0.3, -0.25) is 4.79 Å². The Bertz CT molecular complexity index is 496. The number of nitrogens with one attached hydrogen (secondary N) is 1. The Morgan fingerprint density at radius 1 is 1.57 bits per heavy atom. The van der Waals surface area contributed by atoms with Crippen LogP contribution in [0.15, 0.2) is 18.2 Å². The molecule has 1 heterocycles. The fraction of sp³-hybridized carbons (Fsp3) is 0.533. The van der Waals surface area contributed by atoms with Crippen LogP contribution < -0.4 is 10.2 Å². The molecule has 1 unspecified atom stereocenters. The minimum Gasteiger partial charge on any atom is -0.392 e. The van der Waals surface area contributed by atoms with Crippen LogP contribution in [0.5, 0.6) is 0 Å². The normalized spacial score (nSPS) is 18.6. The van der Waals surface area contributed by atoms with E-state index in [1.807, 2.05) is 24.0 Å². The Balaban J connectivity index is 2.20. The third kappa shape index (κ3) is 3.87. The van der Waals surface area contributed by atoms with Crippen LogP contribution in [0.25, 0.3) is 0 Å². The summed E-state index contributed by atoms with van der Waals surface area (Å²) in [5, 5.41) is 12.6. The first-order valence-corrected chi connectivity index (χ1v) is 7.56. The molecule has 21 heavy (non-hydrogen) atoms. The Morgan fingerprint density at radius 3 is 3.05 bits per heavy atom. The Morgan fingerprint density at radius 2 is 2.38 bits per heavy atom. The summed E-state index contributed by atoms with van der Waals surface area (Å²) < 4.78 is 5.43. The summed E-state index contributed by atoms with van der Waals surface area (Å²) in [6, 6.07) is 5.02. The molecule has 1 fully saturated rings. The van der Waals surface area contributed by atoms with Gasteiger partial charge in [0.15, 0.2) is 0 Å². The molecule has 116 valence electrons. The average Bonchev–Trinajstić information content (AvgIpc) is 2.52. The molecule has 1 saturated heterocycles. The van der Waals surface area contributed by atoms with E-state index in [1.54, 1.807) is 6.07 Å². The lowest BCUT2D eigenvalue weighted by molar-refractivity contribution is -0.124. The number of aliphatic hydroxyl groups excluding tert-OH is 1. The topological polar surface area (TPSA) is 61.8 Å². The largest absolute Gasteiger partial charge is 0.392 e. The Labute approximate surface area is 129 Å². The zero-order valence-corrected chi connectivity index (χ0v) is 12.9. The predicted molar refractivity (Wildman–Crippen MR) is 82.6 cm³/mol. The van der Waals surface area contributed by atoms with Gasteiger partial charge >= 0.3 is 0 Å². The van der Waals surface area contributed by atoms with Crippen molar-refractivity contribution in [3.8, 4) is 0 Å². The monoisotopic (exact) mass is 312 g/mol. The van der Waals surface area contributed by atoms with Gasteiger partial charge in [-0.2, -0.15) is 0 Å². The maximum Gasteiger partial charge on any atom is 0.245 e. The molecule has 1 atom stereocenters. The molecule has 0 radical (unpaired) electrons. The zero-order chi connectivity index (χ0) is 15.2. The second kappa shape index (κ2) is 7.64. The van der Waals surface area contributed by atoms with Crippen molar-refractivity contribution in [3.63, 3.8) is 0 Å². The first-order chi connectivity index (χ1) is 10.2. The molecule has 0 aliphatic carbocycles. The number of hydrogen-bond acceptors (Lipinski definition) is 4. The van der Waals surface area contributed by atoms with Crippen LogP contribution in [0.4, 0.5) is 5.69 Å². The van der Waals surface area contributed by atoms with Crippen molar-refractivity contribution in [3.05, 3.63) is 28.8 Å². The van der Waals surface area contributed by atoms with Crippen LogP contribution in [-0.4, -0.2) is 43.4 Å². The number of benzene rings is 1. The number of nitrogens with zero attached hydrogens (tertiary/aromatic N) is 1. The summed E-state index contributed by atoms with van der Waals surface area (Å²) in [4.78, 5) is 14.2. The SMILES string of the molecule is CCCNC(=O)C1COCCN1c1ccc(CO)cc1Cl. The van der Waals surface area contributed by atoms with Crippen molar-refractivity contribution in [1.29, 1.82) is 0 Å². The van der Waals surface area contributed by atoms with Gasteiger partial charge in [0.25, 0.3) is 0 Å². The lowest BCUT2D eigenvalue weighted by Crippen LogP contribution is -2.54. The average molecular weight is 313 g/mol. The van der Waals surface area contributed by atoms with Crippen LogP contribution in [0, 0.1) is 0 Å². The molecule has 1 aromatic rings. The lowest BCUT2D eigenvalue weighted by Gasteiger charge is -2.36. The van der Waals surface area contributed by atoms with Gasteiger partial charge in [-0.15, -0.1) is 0 Å². The molecule has 2 rings (SSSR count). The highest BCUT2D eigenvalue weighted by Gasteiger charge is 2.30. The number of ether oxygens (including phenoxy) is 1. The van der Waals surface area contributed by atoms with Gasteiger partial charge in [0.2, 0.25) is 5.91 Å². The van der Waals surface area contributed by atoms with E-state index in [2.05, 4.69) is 5.32 Å².